The van der Waals surface area contributed by atoms with Crippen LogP contribution in [-0.4, -0.2) is 35.5 Å². The van der Waals surface area contributed by atoms with E-state index in [1.54, 1.807) is 25.1 Å². The molecule has 1 aliphatic rings. The summed E-state index contributed by atoms with van der Waals surface area (Å²) < 4.78 is 0. The largest absolute Gasteiger partial charge is 0.508 e. The van der Waals surface area contributed by atoms with Crippen LogP contribution in [0.1, 0.15) is 25.3 Å². The van der Waals surface area contributed by atoms with Crippen molar-refractivity contribution in [1.82, 2.24) is 10.2 Å². The molecule has 3 rings (SSSR count). The smallest absolute Gasteiger partial charge is 0.216 e. The molecule has 1 aliphatic heterocycles. The predicted octanol–water partition coefficient (Wildman–Crippen LogP) is 4.71. The Balaban J connectivity index is 1.66. The van der Waals surface area contributed by atoms with Gasteiger partial charge in [0.2, 0.25) is 5.91 Å². The Kier molecular flexibility index (Phi) is 6.64. The fourth-order valence-corrected chi connectivity index (χ4v) is 4.07. The van der Waals surface area contributed by atoms with Crippen LogP contribution >= 0.6 is 23.2 Å². The van der Waals surface area contributed by atoms with Gasteiger partial charge in [-0.15, -0.1) is 0 Å². The van der Waals surface area contributed by atoms with E-state index in [1.165, 1.54) is 0 Å². The lowest BCUT2D eigenvalue weighted by Crippen LogP contribution is -2.37. The minimum atomic E-state index is 0.0332. The maximum Gasteiger partial charge on any atom is 0.216 e. The molecule has 6 heteroatoms. The van der Waals surface area contributed by atoms with Gasteiger partial charge in [0.05, 0.1) is 0 Å². The standard InChI is InChI=1S/C21H24Cl2N2O2/c1-14(26)24-12-15-2-4-25(5-3-15)13-16-6-17(10-21(27)7-16)18-8-19(22)11-20(23)9-18/h6-11,15,27H,2-5,12-13H2,1H3,(H,24,26). The lowest BCUT2D eigenvalue weighted by Gasteiger charge is -2.32. The number of carbonyl (C=O) groups excluding carboxylic acids is 1. The van der Waals surface area contributed by atoms with Crippen molar-refractivity contribution >= 4 is 29.1 Å². The van der Waals surface area contributed by atoms with Crippen molar-refractivity contribution in [2.45, 2.75) is 26.3 Å². The first-order valence-corrected chi connectivity index (χ1v) is 9.91. The number of phenolic OH excluding ortho intramolecular Hbond substituents is 1. The molecular weight excluding hydrogens is 383 g/mol. The van der Waals surface area contributed by atoms with Crippen LogP contribution in [0.25, 0.3) is 11.1 Å². The van der Waals surface area contributed by atoms with Gasteiger partial charge in [-0.2, -0.15) is 0 Å². The molecule has 144 valence electrons. The van der Waals surface area contributed by atoms with Crippen molar-refractivity contribution in [2.24, 2.45) is 5.92 Å². The Bertz CT molecular complexity index is 798. The summed E-state index contributed by atoms with van der Waals surface area (Å²) in [4.78, 5) is 13.4. The fourth-order valence-electron chi connectivity index (χ4n) is 3.55. The average molecular weight is 407 g/mol. The lowest BCUT2D eigenvalue weighted by molar-refractivity contribution is -0.119. The van der Waals surface area contributed by atoms with Gasteiger partial charge >= 0.3 is 0 Å². The van der Waals surface area contributed by atoms with Gasteiger partial charge in [-0.1, -0.05) is 23.2 Å². The molecule has 4 nitrogen and oxygen atoms in total. The van der Waals surface area contributed by atoms with E-state index in [0.717, 1.165) is 55.7 Å². The second-order valence-corrected chi connectivity index (χ2v) is 8.08. The zero-order valence-electron chi connectivity index (χ0n) is 15.3. The summed E-state index contributed by atoms with van der Waals surface area (Å²) in [6.07, 6.45) is 2.13. The predicted molar refractivity (Wildman–Crippen MR) is 110 cm³/mol. The van der Waals surface area contributed by atoms with E-state index in [4.69, 9.17) is 23.2 Å². The lowest BCUT2D eigenvalue weighted by atomic mass is 9.96. The van der Waals surface area contributed by atoms with Gasteiger partial charge in [0.25, 0.3) is 0 Å². The molecule has 1 heterocycles. The number of piperidine rings is 1. The molecule has 27 heavy (non-hydrogen) atoms. The van der Waals surface area contributed by atoms with Crippen LogP contribution in [0.2, 0.25) is 10.0 Å². The van der Waals surface area contributed by atoms with Crippen LogP contribution in [0, 0.1) is 5.92 Å². The fraction of sp³-hybridized carbons (Fsp3) is 0.381. The van der Waals surface area contributed by atoms with Gasteiger partial charge in [-0.25, -0.2) is 0 Å². The zero-order chi connectivity index (χ0) is 19.4. The third kappa shape index (κ3) is 5.86. The van der Waals surface area contributed by atoms with E-state index in [2.05, 4.69) is 16.3 Å². The summed E-state index contributed by atoms with van der Waals surface area (Å²) in [5.74, 6) is 0.809. The van der Waals surface area contributed by atoms with Crippen molar-refractivity contribution in [1.29, 1.82) is 0 Å². The van der Waals surface area contributed by atoms with Gasteiger partial charge in [0.15, 0.2) is 0 Å². The summed E-state index contributed by atoms with van der Waals surface area (Å²) in [7, 11) is 0. The Morgan fingerprint density at radius 2 is 1.70 bits per heavy atom. The molecule has 0 radical (unpaired) electrons. The number of nitrogens with zero attached hydrogens (tertiary/aromatic N) is 1. The Hall–Kier alpha value is -1.75. The third-order valence-electron chi connectivity index (χ3n) is 4.93. The summed E-state index contributed by atoms with van der Waals surface area (Å²) in [6.45, 7) is 5.07. The van der Waals surface area contributed by atoms with E-state index in [9.17, 15) is 9.90 Å². The second kappa shape index (κ2) is 8.96. The van der Waals surface area contributed by atoms with Crippen molar-refractivity contribution in [3.63, 3.8) is 0 Å². The number of hydrogen-bond donors (Lipinski definition) is 2. The third-order valence-corrected chi connectivity index (χ3v) is 5.36. The highest BCUT2D eigenvalue weighted by atomic mass is 35.5. The molecule has 1 fully saturated rings. The topological polar surface area (TPSA) is 52.6 Å². The highest BCUT2D eigenvalue weighted by Crippen LogP contribution is 2.31. The molecule has 0 spiro atoms. The molecular formula is C21H24Cl2N2O2. The summed E-state index contributed by atoms with van der Waals surface area (Å²) in [6, 6.07) is 11.0. The average Bonchev–Trinajstić information content (AvgIpc) is 2.60. The van der Waals surface area contributed by atoms with Crippen molar-refractivity contribution in [2.75, 3.05) is 19.6 Å². The number of amides is 1. The molecule has 2 N–H and O–H groups in total. The molecule has 0 unspecified atom stereocenters. The van der Waals surface area contributed by atoms with Gasteiger partial charge in [0.1, 0.15) is 5.75 Å². The first-order valence-electron chi connectivity index (χ1n) is 9.15. The number of carbonyl (C=O) groups is 1. The number of aromatic hydroxyl groups is 1. The Morgan fingerprint density at radius 1 is 1.07 bits per heavy atom. The zero-order valence-corrected chi connectivity index (χ0v) is 16.9. The summed E-state index contributed by atoms with van der Waals surface area (Å²) in [5.41, 5.74) is 2.84. The minimum absolute atomic E-state index is 0.0332. The van der Waals surface area contributed by atoms with Crippen molar-refractivity contribution in [3.05, 3.63) is 52.0 Å². The van der Waals surface area contributed by atoms with Crippen LogP contribution in [0.5, 0.6) is 5.75 Å². The summed E-state index contributed by atoms with van der Waals surface area (Å²) >= 11 is 12.2. The van der Waals surface area contributed by atoms with Crippen LogP contribution in [0.3, 0.4) is 0 Å². The van der Waals surface area contributed by atoms with Crippen molar-refractivity contribution < 1.29 is 9.90 Å². The van der Waals surface area contributed by atoms with Gasteiger partial charge < -0.3 is 10.4 Å². The molecule has 1 amide bonds. The van der Waals surface area contributed by atoms with E-state index in [-0.39, 0.29) is 11.7 Å². The summed E-state index contributed by atoms with van der Waals surface area (Å²) in [5, 5.41) is 14.2. The quantitative estimate of drug-likeness (QED) is 0.755. The monoisotopic (exact) mass is 406 g/mol. The maximum absolute atomic E-state index is 11.1. The normalized spacial score (nSPS) is 15.7. The van der Waals surface area contributed by atoms with E-state index in [0.29, 0.717) is 16.0 Å². The number of halogens is 2. The first-order chi connectivity index (χ1) is 12.9. The van der Waals surface area contributed by atoms with Crippen LogP contribution < -0.4 is 5.32 Å². The molecule has 0 atom stereocenters. The highest BCUT2D eigenvalue weighted by Gasteiger charge is 2.19. The van der Waals surface area contributed by atoms with Gasteiger partial charge in [-0.3, -0.25) is 9.69 Å². The van der Waals surface area contributed by atoms with Gasteiger partial charge in [0, 0.05) is 30.1 Å². The van der Waals surface area contributed by atoms with E-state index in [1.807, 2.05) is 12.1 Å². The number of phenols is 1. The van der Waals surface area contributed by atoms with Gasteiger partial charge in [-0.05, 0) is 84.9 Å². The number of benzene rings is 2. The second-order valence-electron chi connectivity index (χ2n) is 7.20. The molecule has 0 aromatic heterocycles. The highest BCUT2D eigenvalue weighted by molar-refractivity contribution is 6.35. The van der Waals surface area contributed by atoms with Crippen LogP contribution in [0.4, 0.5) is 0 Å². The van der Waals surface area contributed by atoms with Crippen LogP contribution in [0.15, 0.2) is 36.4 Å². The molecule has 1 saturated heterocycles. The van der Waals surface area contributed by atoms with E-state index < -0.39 is 0 Å². The molecule has 0 bridgehead atoms. The number of likely N-dealkylation sites (tertiary alicyclic amines) is 1. The Labute approximate surface area is 170 Å². The molecule has 0 saturated carbocycles. The minimum Gasteiger partial charge on any atom is -0.508 e. The molecule has 0 aliphatic carbocycles. The molecule has 2 aromatic rings. The van der Waals surface area contributed by atoms with Crippen LogP contribution in [-0.2, 0) is 11.3 Å². The van der Waals surface area contributed by atoms with E-state index >= 15 is 0 Å². The molecule has 2 aromatic carbocycles. The maximum atomic E-state index is 11.1. The number of nitrogens with one attached hydrogen (secondary N) is 1. The first kappa shape index (κ1) is 20.0. The van der Waals surface area contributed by atoms with Crippen molar-refractivity contribution in [3.8, 4) is 16.9 Å². The Morgan fingerprint density at radius 3 is 2.33 bits per heavy atom. The number of hydrogen-bond acceptors (Lipinski definition) is 3. The SMILES string of the molecule is CC(=O)NCC1CCN(Cc2cc(O)cc(-c3cc(Cl)cc(Cl)c3)c2)CC1. The number of rotatable bonds is 5.